The zero-order valence-corrected chi connectivity index (χ0v) is 12.9. The maximum atomic E-state index is 5.80. The summed E-state index contributed by atoms with van der Waals surface area (Å²) in [5, 5.41) is 0. The first-order valence-corrected chi connectivity index (χ1v) is 7.75. The summed E-state index contributed by atoms with van der Waals surface area (Å²) in [7, 11) is 0. The molecule has 0 saturated heterocycles. The van der Waals surface area contributed by atoms with Crippen molar-refractivity contribution in [3.05, 3.63) is 52.9 Å². The number of hydrogen-bond acceptors (Lipinski definition) is 3. The lowest BCUT2D eigenvalue weighted by molar-refractivity contribution is 0.184. The number of halogens is 1. The Hall–Kier alpha value is -1.26. The Bertz CT molecular complexity index is 520. The van der Waals surface area contributed by atoms with Crippen LogP contribution in [0, 0.1) is 0 Å². The summed E-state index contributed by atoms with van der Waals surface area (Å²) in [6, 6.07) is 12.6. The molecule has 0 bridgehead atoms. The minimum absolute atomic E-state index is 0.702. The third-order valence-corrected chi connectivity index (χ3v) is 3.99. The molecule has 1 aliphatic carbocycles. The molecule has 0 radical (unpaired) electrons. The van der Waals surface area contributed by atoms with E-state index >= 15 is 0 Å². The summed E-state index contributed by atoms with van der Waals surface area (Å²) in [4.78, 5) is 2.44. The highest BCUT2D eigenvalue weighted by atomic mass is 79.9. The van der Waals surface area contributed by atoms with Crippen LogP contribution in [-0.2, 0) is 6.54 Å². The van der Waals surface area contributed by atoms with Gasteiger partial charge in [0.1, 0.15) is 18.1 Å². The van der Waals surface area contributed by atoms with Crippen molar-refractivity contribution in [2.45, 2.75) is 25.4 Å². The maximum absolute atomic E-state index is 5.80. The summed E-state index contributed by atoms with van der Waals surface area (Å²) in [6.45, 7) is 2.52. The van der Waals surface area contributed by atoms with Gasteiger partial charge in [0.15, 0.2) is 0 Å². The molecule has 3 nitrogen and oxygen atoms in total. The van der Waals surface area contributed by atoms with E-state index in [0.29, 0.717) is 12.6 Å². The minimum Gasteiger partial charge on any atom is -0.492 e. The van der Waals surface area contributed by atoms with Gasteiger partial charge < -0.3 is 9.15 Å². The molecule has 1 heterocycles. The predicted octanol–water partition coefficient (Wildman–Crippen LogP) is 4.09. The molecule has 20 heavy (non-hydrogen) atoms. The quantitative estimate of drug-likeness (QED) is 0.762. The largest absolute Gasteiger partial charge is 0.492 e. The van der Waals surface area contributed by atoms with Crippen LogP contribution in [0.5, 0.6) is 5.75 Å². The molecule has 1 aromatic heterocycles. The normalized spacial score (nSPS) is 14.7. The Morgan fingerprint density at radius 1 is 1.20 bits per heavy atom. The van der Waals surface area contributed by atoms with Crippen LogP contribution in [-0.4, -0.2) is 24.1 Å². The topological polar surface area (TPSA) is 25.6 Å². The molecule has 0 unspecified atom stereocenters. The molecule has 0 spiro atoms. The fraction of sp³-hybridized carbons (Fsp3) is 0.375. The van der Waals surface area contributed by atoms with Crippen LogP contribution < -0.4 is 4.74 Å². The summed E-state index contributed by atoms with van der Waals surface area (Å²) in [5.74, 6) is 1.95. The molecular formula is C16H18BrNO2. The first-order valence-electron chi connectivity index (χ1n) is 6.96. The summed E-state index contributed by atoms with van der Waals surface area (Å²) in [6.07, 6.45) is 4.32. The zero-order valence-electron chi connectivity index (χ0n) is 11.3. The van der Waals surface area contributed by atoms with Crippen LogP contribution in [0.3, 0.4) is 0 Å². The SMILES string of the molecule is Brc1ccc(OCCN(Cc2ccco2)C2CC2)cc1. The Labute approximate surface area is 127 Å². The minimum atomic E-state index is 0.702. The summed E-state index contributed by atoms with van der Waals surface area (Å²) in [5.41, 5.74) is 0. The molecule has 2 aromatic rings. The van der Waals surface area contributed by atoms with Gasteiger partial charge in [0.2, 0.25) is 0 Å². The second kappa shape index (κ2) is 6.46. The van der Waals surface area contributed by atoms with Gasteiger partial charge in [0.05, 0.1) is 12.8 Å². The lowest BCUT2D eigenvalue weighted by Crippen LogP contribution is -2.30. The van der Waals surface area contributed by atoms with Crippen LogP contribution in [0.4, 0.5) is 0 Å². The number of nitrogens with zero attached hydrogens (tertiary/aromatic N) is 1. The standard InChI is InChI=1S/C16H18BrNO2/c17-13-3-7-15(8-4-13)20-11-9-18(14-5-6-14)12-16-2-1-10-19-16/h1-4,7-8,10,14H,5-6,9,11-12H2. The highest BCUT2D eigenvalue weighted by Gasteiger charge is 2.29. The molecule has 3 rings (SSSR count). The number of rotatable bonds is 7. The van der Waals surface area contributed by atoms with Gasteiger partial charge >= 0.3 is 0 Å². The van der Waals surface area contributed by atoms with Crippen molar-refractivity contribution in [3.63, 3.8) is 0 Å². The number of ether oxygens (including phenoxy) is 1. The Balaban J connectivity index is 1.48. The molecule has 1 aliphatic rings. The molecule has 0 aliphatic heterocycles. The molecule has 1 fully saturated rings. The van der Waals surface area contributed by atoms with Crippen molar-refractivity contribution in [1.82, 2.24) is 4.90 Å². The van der Waals surface area contributed by atoms with Crippen molar-refractivity contribution in [3.8, 4) is 5.75 Å². The molecule has 106 valence electrons. The van der Waals surface area contributed by atoms with E-state index in [2.05, 4.69) is 20.8 Å². The van der Waals surface area contributed by atoms with Crippen molar-refractivity contribution in [1.29, 1.82) is 0 Å². The average molecular weight is 336 g/mol. The van der Waals surface area contributed by atoms with Gasteiger partial charge in [0, 0.05) is 17.1 Å². The van der Waals surface area contributed by atoms with E-state index in [1.54, 1.807) is 6.26 Å². The molecule has 0 N–H and O–H groups in total. The molecular weight excluding hydrogens is 318 g/mol. The van der Waals surface area contributed by atoms with Crippen molar-refractivity contribution < 1.29 is 9.15 Å². The third-order valence-electron chi connectivity index (χ3n) is 3.46. The van der Waals surface area contributed by atoms with Gasteiger partial charge in [-0.3, -0.25) is 4.90 Å². The van der Waals surface area contributed by atoms with Crippen LogP contribution in [0.15, 0.2) is 51.6 Å². The smallest absolute Gasteiger partial charge is 0.119 e. The average Bonchev–Trinajstić information content (AvgIpc) is 3.18. The van der Waals surface area contributed by atoms with Crippen molar-refractivity contribution in [2.24, 2.45) is 0 Å². The zero-order chi connectivity index (χ0) is 13.8. The van der Waals surface area contributed by atoms with Gasteiger partial charge in [-0.2, -0.15) is 0 Å². The summed E-state index contributed by atoms with van der Waals surface area (Å²) >= 11 is 3.42. The van der Waals surface area contributed by atoms with E-state index in [4.69, 9.17) is 9.15 Å². The monoisotopic (exact) mass is 335 g/mol. The molecule has 0 amide bonds. The van der Waals surface area contributed by atoms with E-state index < -0.39 is 0 Å². The van der Waals surface area contributed by atoms with Gasteiger partial charge in [-0.25, -0.2) is 0 Å². The second-order valence-electron chi connectivity index (χ2n) is 5.08. The molecule has 0 atom stereocenters. The fourth-order valence-corrected chi connectivity index (χ4v) is 2.51. The second-order valence-corrected chi connectivity index (χ2v) is 6.00. The first-order chi connectivity index (χ1) is 9.81. The van der Waals surface area contributed by atoms with Crippen LogP contribution in [0.2, 0.25) is 0 Å². The third kappa shape index (κ3) is 3.87. The number of benzene rings is 1. The molecule has 1 saturated carbocycles. The fourth-order valence-electron chi connectivity index (χ4n) is 2.24. The predicted molar refractivity (Wildman–Crippen MR) is 81.8 cm³/mol. The van der Waals surface area contributed by atoms with E-state index in [1.165, 1.54) is 12.8 Å². The van der Waals surface area contributed by atoms with Crippen LogP contribution in [0.25, 0.3) is 0 Å². The summed E-state index contributed by atoms with van der Waals surface area (Å²) < 4.78 is 12.3. The van der Waals surface area contributed by atoms with Crippen LogP contribution >= 0.6 is 15.9 Å². The van der Waals surface area contributed by atoms with E-state index in [0.717, 1.165) is 29.1 Å². The highest BCUT2D eigenvalue weighted by Crippen LogP contribution is 2.28. The van der Waals surface area contributed by atoms with Crippen molar-refractivity contribution in [2.75, 3.05) is 13.2 Å². The Kier molecular flexibility index (Phi) is 4.43. The lowest BCUT2D eigenvalue weighted by Gasteiger charge is -2.20. The van der Waals surface area contributed by atoms with Gasteiger partial charge in [0.25, 0.3) is 0 Å². The Morgan fingerprint density at radius 3 is 2.65 bits per heavy atom. The van der Waals surface area contributed by atoms with Gasteiger partial charge in [-0.05, 0) is 49.2 Å². The number of hydrogen-bond donors (Lipinski definition) is 0. The van der Waals surface area contributed by atoms with Crippen LogP contribution in [0.1, 0.15) is 18.6 Å². The number of furan rings is 1. The Morgan fingerprint density at radius 2 is 2.00 bits per heavy atom. The van der Waals surface area contributed by atoms with Gasteiger partial charge in [-0.15, -0.1) is 0 Å². The maximum Gasteiger partial charge on any atom is 0.119 e. The molecule has 4 heteroatoms. The van der Waals surface area contributed by atoms with E-state index in [9.17, 15) is 0 Å². The highest BCUT2D eigenvalue weighted by molar-refractivity contribution is 9.10. The lowest BCUT2D eigenvalue weighted by atomic mass is 10.3. The molecule has 1 aromatic carbocycles. The van der Waals surface area contributed by atoms with E-state index in [1.807, 2.05) is 36.4 Å². The first kappa shape index (κ1) is 13.7. The van der Waals surface area contributed by atoms with Crippen molar-refractivity contribution >= 4 is 15.9 Å². The van der Waals surface area contributed by atoms with E-state index in [-0.39, 0.29) is 0 Å². The van der Waals surface area contributed by atoms with Gasteiger partial charge in [-0.1, -0.05) is 15.9 Å².